The highest BCUT2D eigenvalue weighted by atomic mass is 32.1. The average Bonchev–Trinajstić information content (AvgIpc) is 3.11. The summed E-state index contributed by atoms with van der Waals surface area (Å²) in [5.41, 5.74) is 1.14. The molecule has 0 saturated carbocycles. The quantitative estimate of drug-likeness (QED) is 0.197. The Labute approximate surface area is 192 Å². The molecular weight excluding hydrogens is 410 g/mol. The first-order chi connectivity index (χ1) is 14.6. The fourth-order valence-corrected chi connectivity index (χ4v) is 4.66. The number of fused-ring (bicyclic) bond motifs is 1. The van der Waals surface area contributed by atoms with E-state index in [1.807, 2.05) is 18.2 Å². The number of aliphatic carboxylic acids is 1. The van der Waals surface area contributed by atoms with Gasteiger partial charge in [0.15, 0.2) is 3.95 Å². The number of thiazole rings is 1. The Hall–Kier alpha value is -1.20. The van der Waals surface area contributed by atoms with E-state index in [-0.39, 0.29) is 0 Å². The van der Waals surface area contributed by atoms with Crippen molar-refractivity contribution in [1.82, 2.24) is 4.98 Å². The van der Waals surface area contributed by atoms with Gasteiger partial charge >= 0.3 is 5.97 Å². The number of benzene rings is 1. The molecule has 3 nitrogen and oxygen atoms in total. The van der Waals surface area contributed by atoms with E-state index in [9.17, 15) is 4.79 Å². The van der Waals surface area contributed by atoms with E-state index in [1.54, 1.807) is 11.3 Å². The van der Waals surface area contributed by atoms with Crippen LogP contribution in [0.3, 0.4) is 0 Å². The number of carbonyl (C=O) groups is 1. The standard InChI is InChI=1S/C18H36O2.C7H5NS2/c1-2-3-4-5-6-7-8-9-10-11-12-13-14-15-16-17-18(19)20;9-7-8-5-3-1-2-4-6(5)10-7/h2-17H2,1H3,(H,19,20);1-4H,(H,8,9). The van der Waals surface area contributed by atoms with Crippen molar-refractivity contribution in [1.29, 1.82) is 0 Å². The van der Waals surface area contributed by atoms with Gasteiger partial charge in [-0.25, -0.2) is 0 Å². The highest BCUT2D eigenvalue weighted by Gasteiger charge is 1.97. The third kappa shape index (κ3) is 14.7. The molecule has 2 N–H and O–H groups in total. The van der Waals surface area contributed by atoms with Crippen LogP contribution in [0.25, 0.3) is 10.2 Å². The average molecular weight is 452 g/mol. The van der Waals surface area contributed by atoms with Crippen molar-refractivity contribution in [3.05, 3.63) is 28.2 Å². The van der Waals surface area contributed by atoms with Crippen molar-refractivity contribution in [2.75, 3.05) is 0 Å². The van der Waals surface area contributed by atoms with Crippen molar-refractivity contribution in [2.24, 2.45) is 0 Å². The summed E-state index contributed by atoms with van der Waals surface area (Å²) < 4.78 is 2.08. The van der Waals surface area contributed by atoms with Crippen LogP contribution in [0.15, 0.2) is 24.3 Å². The molecule has 0 aliphatic heterocycles. The molecule has 0 unspecified atom stereocenters. The topological polar surface area (TPSA) is 53.1 Å². The molecule has 5 heteroatoms. The first-order valence-electron chi connectivity index (χ1n) is 11.9. The summed E-state index contributed by atoms with van der Waals surface area (Å²) in [4.78, 5) is 13.4. The van der Waals surface area contributed by atoms with Crippen LogP contribution in [0, 0.1) is 3.95 Å². The minimum atomic E-state index is -0.653. The Balaban J connectivity index is 0.000000367. The van der Waals surface area contributed by atoms with Gasteiger partial charge in [0, 0.05) is 6.42 Å². The summed E-state index contributed by atoms with van der Waals surface area (Å²) in [5.74, 6) is -0.653. The summed E-state index contributed by atoms with van der Waals surface area (Å²) >= 11 is 6.59. The van der Waals surface area contributed by atoms with Gasteiger partial charge in [-0.1, -0.05) is 109 Å². The van der Waals surface area contributed by atoms with Gasteiger partial charge in [-0.3, -0.25) is 4.79 Å². The van der Waals surface area contributed by atoms with Gasteiger partial charge in [0.1, 0.15) is 0 Å². The lowest BCUT2D eigenvalue weighted by Gasteiger charge is -2.03. The molecule has 1 aromatic heterocycles. The zero-order valence-electron chi connectivity index (χ0n) is 18.8. The van der Waals surface area contributed by atoms with Crippen molar-refractivity contribution >= 4 is 39.7 Å². The molecule has 0 amide bonds. The number of carboxylic acid groups (broad SMARTS) is 1. The predicted molar refractivity (Wildman–Crippen MR) is 134 cm³/mol. The summed E-state index contributed by atoms with van der Waals surface area (Å²) in [5, 5.41) is 8.52. The summed E-state index contributed by atoms with van der Waals surface area (Å²) in [6.07, 6.45) is 20.2. The number of unbranched alkanes of at least 4 members (excludes halogenated alkanes) is 14. The number of rotatable bonds is 16. The maximum Gasteiger partial charge on any atom is 0.303 e. The molecule has 0 saturated heterocycles. The largest absolute Gasteiger partial charge is 0.481 e. The molecule has 0 fully saturated rings. The molecule has 0 aliphatic carbocycles. The molecule has 2 aromatic rings. The highest BCUT2D eigenvalue weighted by molar-refractivity contribution is 7.73. The third-order valence-corrected chi connectivity index (χ3v) is 6.54. The lowest BCUT2D eigenvalue weighted by molar-refractivity contribution is -0.137. The smallest absolute Gasteiger partial charge is 0.303 e. The van der Waals surface area contributed by atoms with Crippen molar-refractivity contribution in [2.45, 2.75) is 110 Å². The van der Waals surface area contributed by atoms with Gasteiger partial charge in [0.2, 0.25) is 0 Å². The monoisotopic (exact) mass is 451 g/mol. The van der Waals surface area contributed by atoms with Crippen molar-refractivity contribution < 1.29 is 9.90 Å². The Bertz CT molecular complexity index is 687. The van der Waals surface area contributed by atoms with E-state index in [4.69, 9.17) is 17.3 Å². The Morgan fingerprint density at radius 1 is 0.833 bits per heavy atom. The minimum Gasteiger partial charge on any atom is -0.481 e. The van der Waals surface area contributed by atoms with Crippen molar-refractivity contribution in [3.8, 4) is 0 Å². The molecular formula is C25H41NO2S2. The predicted octanol–water partition coefficient (Wildman–Crippen LogP) is 9.29. The SMILES string of the molecule is CCCCCCCCCCCCCCCCCC(=O)O.S=c1[nH]c2ccccc2s1. The van der Waals surface area contributed by atoms with Crippen LogP contribution in [0.2, 0.25) is 0 Å². The maximum atomic E-state index is 10.3. The number of hydrogen-bond donors (Lipinski definition) is 2. The van der Waals surface area contributed by atoms with Gasteiger partial charge in [0.25, 0.3) is 0 Å². The number of hydrogen-bond acceptors (Lipinski definition) is 3. The fraction of sp³-hybridized carbons (Fsp3) is 0.680. The summed E-state index contributed by atoms with van der Waals surface area (Å²) in [7, 11) is 0. The fourth-order valence-electron chi connectivity index (χ4n) is 3.54. The molecule has 30 heavy (non-hydrogen) atoms. The van der Waals surface area contributed by atoms with Gasteiger partial charge in [-0.15, -0.1) is 11.3 Å². The van der Waals surface area contributed by atoms with E-state index in [1.165, 1.54) is 88.2 Å². The first-order valence-corrected chi connectivity index (χ1v) is 13.2. The molecule has 1 heterocycles. The van der Waals surface area contributed by atoms with Crippen LogP contribution < -0.4 is 0 Å². The zero-order valence-corrected chi connectivity index (χ0v) is 20.4. The van der Waals surface area contributed by atoms with Crippen LogP contribution in [-0.2, 0) is 4.79 Å². The minimum absolute atomic E-state index is 0.345. The van der Waals surface area contributed by atoms with E-state index < -0.39 is 5.97 Å². The molecule has 0 atom stereocenters. The number of nitrogens with one attached hydrogen (secondary N) is 1. The Morgan fingerprint density at radius 3 is 1.77 bits per heavy atom. The van der Waals surface area contributed by atoms with Gasteiger partial charge < -0.3 is 10.1 Å². The highest BCUT2D eigenvalue weighted by Crippen LogP contribution is 2.17. The van der Waals surface area contributed by atoms with Gasteiger partial charge in [-0.05, 0) is 30.8 Å². The van der Waals surface area contributed by atoms with Crippen molar-refractivity contribution in [3.63, 3.8) is 0 Å². The van der Waals surface area contributed by atoms with E-state index >= 15 is 0 Å². The van der Waals surface area contributed by atoms with E-state index in [0.717, 1.165) is 22.3 Å². The van der Waals surface area contributed by atoms with Crippen LogP contribution in [0.5, 0.6) is 0 Å². The Kier molecular flexibility index (Phi) is 16.6. The summed E-state index contributed by atoms with van der Waals surface area (Å²) in [6, 6.07) is 8.11. The normalized spacial score (nSPS) is 10.7. The van der Waals surface area contributed by atoms with E-state index in [0.29, 0.717) is 6.42 Å². The molecule has 170 valence electrons. The van der Waals surface area contributed by atoms with Crippen LogP contribution in [0.4, 0.5) is 0 Å². The molecule has 2 rings (SSSR count). The number of carboxylic acids is 1. The lowest BCUT2D eigenvalue weighted by atomic mass is 10.0. The lowest BCUT2D eigenvalue weighted by Crippen LogP contribution is -1.93. The molecule has 0 bridgehead atoms. The van der Waals surface area contributed by atoms with Crippen LogP contribution >= 0.6 is 23.6 Å². The van der Waals surface area contributed by atoms with Crippen LogP contribution in [-0.4, -0.2) is 16.1 Å². The number of para-hydroxylation sites is 1. The van der Waals surface area contributed by atoms with Gasteiger partial charge in [-0.2, -0.15) is 0 Å². The summed E-state index contributed by atoms with van der Waals surface area (Å²) in [6.45, 7) is 2.27. The third-order valence-electron chi connectivity index (χ3n) is 5.32. The zero-order chi connectivity index (χ0) is 21.9. The molecule has 0 spiro atoms. The number of aromatic amines is 1. The van der Waals surface area contributed by atoms with E-state index in [2.05, 4.69) is 18.0 Å². The maximum absolute atomic E-state index is 10.3. The molecule has 0 aliphatic rings. The number of aromatic nitrogens is 1. The molecule has 1 aromatic carbocycles. The van der Waals surface area contributed by atoms with Gasteiger partial charge in [0.05, 0.1) is 10.2 Å². The molecule has 0 radical (unpaired) electrons. The Morgan fingerprint density at radius 2 is 1.30 bits per heavy atom. The van der Waals surface area contributed by atoms with Crippen LogP contribution in [0.1, 0.15) is 110 Å². The first kappa shape index (κ1) is 26.8. The second-order valence-electron chi connectivity index (χ2n) is 8.10. The second-order valence-corrected chi connectivity index (χ2v) is 9.82. The number of H-pyrrole nitrogens is 1. The second kappa shape index (κ2) is 18.6.